The van der Waals surface area contributed by atoms with E-state index in [2.05, 4.69) is 31.7 Å². The van der Waals surface area contributed by atoms with E-state index in [1.165, 1.54) is 32.6 Å². The zero-order chi connectivity index (χ0) is 21.7. The van der Waals surface area contributed by atoms with Crippen LogP contribution in [0.3, 0.4) is 0 Å². The predicted molar refractivity (Wildman–Crippen MR) is 116 cm³/mol. The van der Waals surface area contributed by atoms with Gasteiger partial charge in [-0.05, 0) is 45.9 Å². The fourth-order valence-electron chi connectivity index (χ4n) is 2.52. The van der Waals surface area contributed by atoms with Gasteiger partial charge in [-0.1, -0.05) is 18.2 Å². The molecule has 1 unspecified atom stereocenters. The maximum atomic E-state index is 12.5. The molecule has 13 heteroatoms. The van der Waals surface area contributed by atoms with Gasteiger partial charge in [0.1, 0.15) is 22.0 Å². The Labute approximate surface area is 187 Å². The molecular weight excluding hydrogens is 498 g/mol. The van der Waals surface area contributed by atoms with Crippen LogP contribution in [0.4, 0.5) is 5.00 Å². The maximum absolute atomic E-state index is 12.5. The first-order valence-electron chi connectivity index (χ1n) is 8.69. The average Bonchev–Trinajstić information content (AvgIpc) is 3.34. The largest absolute Gasteiger partial charge is 0.507 e. The molecule has 3 N–H and O–H groups in total. The van der Waals surface area contributed by atoms with E-state index >= 15 is 0 Å². The van der Waals surface area contributed by atoms with Crippen molar-refractivity contribution in [2.45, 2.75) is 19.9 Å². The summed E-state index contributed by atoms with van der Waals surface area (Å²) < 4.78 is 24.7. The molecule has 2 heterocycles. The highest BCUT2D eigenvalue weighted by molar-refractivity contribution is 9.10. The second-order valence-corrected chi connectivity index (χ2v) is 8.60. The number of nitrogens with one attached hydrogen (secondary N) is 1. The number of carbonyl (C=O) groups is 1. The van der Waals surface area contributed by atoms with Gasteiger partial charge in [0.2, 0.25) is 0 Å². The molecule has 0 fully saturated rings. The molecule has 3 rings (SSSR count). The molecule has 0 radical (unpaired) electrons. The molecule has 0 aliphatic heterocycles. The lowest BCUT2D eigenvalue weighted by Gasteiger charge is -2.17. The number of anilines is 1. The van der Waals surface area contributed by atoms with Gasteiger partial charge in [0.15, 0.2) is 0 Å². The van der Waals surface area contributed by atoms with E-state index in [9.17, 15) is 18.7 Å². The Morgan fingerprint density at radius 2 is 2.23 bits per heavy atom. The summed E-state index contributed by atoms with van der Waals surface area (Å²) in [5.74, 6) is -0.878. The molecule has 160 valence electrons. The summed E-state index contributed by atoms with van der Waals surface area (Å²) in [6.45, 7) is 2.22. The van der Waals surface area contributed by atoms with Gasteiger partial charge >= 0.3 is 0 Å². The van der Waals surface area contributed by atoms with Gasteiger partial charge in [0.25, 0.3) is 17.2 Å². The number of hydroxylamine groups is 1. The lowest BCUT2D eigenvalue weighted by atomic mass is 10.1. The van der Waals surface area contributed by atoms with E-state index < -0.39 is 17.2 Å². The highest BCUT2D eigenvalue weighted by Gasteiger charge is 2.22. The summed E-state index contributed by atoms with van der Waals surface area (Å²) in [5.41, 5.74) is 2.91. The molecular formula is C17H18BrN5O5S2. The van der Waals surface area contributed by atoms with Crippen LogP contribution >= 0.6 is 27.3 Å². The zero-order valence-corrected chi connectivity index (χ0v) is 18.9. The van der Waals surface area contributed by atoms with Crippen LogP contribution in [-0.2, 0) is 22.6 Å². The molecule has 10 nitrogen and oxygen atoms in total. The third kappa shape index (κ3) is 5.05. The Kier molecular flexibility index (Phi) is 7.55. The van der Waals surface area contributed by atoms with Crippen LogP contribution in [0.2, 0.25) is 0 Å². The van der Waals surface area contributed by atoms with Gasteiger partial charge in [0, 0.05) is 0 Å². The van der Waals surface area contributed by atoms with Crippen LogP contribution in [0, 0.1) is 0 Å². The van der Waals surface area contributed by atoms with Crippen molar-refractivity contribution in [1.82, 2.24) is 20.5 Å². The van der Waals surface area contributed by atoms with Crippen LogP contribution in [0.1, 0.15) is 29.4 Å². The van der Waals surface area contributed by atoms with Gasteiger partial charge in [0.05, 0.1) is 29.5 Å². The number of carbonyl (C=O) groups excluding carboxylic acids is 1. The van der Waals surface area contributed by atoms with E-state index in [0.717, 1.165) is 0 Å². The molecule has 1 amide bonds. The minimum atomic E-state index is -2.28. The number of hydrogen-bond donors (Lipinski definition) is 3. The second-order valence-electron chi connectivity index (χ2n) is 5.95. The molecule has 1 aromatic carbocycles. The average molecular weight is 516 g/mol. The lowest BCUT2D eigenvalue weighted by Crippen LogP contribution is -2.25. The highest BCUT2D eigenvalue weighted by atomic mass is 79.9. The molecule has 0 spiro atoms. The third-order valence-electron chi connectivity index (χ3n) is 3.83. The summed E-state index contributed by atoms with van der Waals surface area (Å²) in [7, 11) is 0. The minimum absolute atomic E-state index is 0.00216. The van der Waals surface area contributed by atoms with Crippen molar-refractivity contribution < 1.29 is 23.5 Å². The quantitative estimate of drug-likeness (QED) is 0.227. The summed E-state index contributed by atoms with van der Waals surface area (Å²) in [5, 5.41) is 20.6. The summed E-state index contributed by atoms with van der Waals surface area (Å²) in [6, 6.07) is 6.30. The van der Waals surface area contributed by atoms with E-state index in [4.69, 9.17) is 4.84 Å². The number of aromatic hydroxyl groups is 1. The van der Waals surface area contributed by atoms with E-state index in [1.807, 2.05) is 6.92 Å². The molecule has 0 bridgehead atoms. The lowest BCUT2D eigenvalue weighted by molar-refractivity contribution is 0.0313. The molecule has 2 aromatic heterocycles. The molecule has 0 saturated carbocycles. The van der Waals surface area contributed by atoms with Crippen LogP contribution in [0.25, 0.3) is 5.69 Å². The number of phenols is 1. The first-order chi connectivity index (χ1) is 14.4. The zero-order valence-electron chi connectivity index (χ0n) is 15.7. The van der Waals surface area contributed by atoms with Crippen LogP contribution in [0.5, 0.6) is 5.75 Å². The molecule has 0 aliphatic rings. The fraction of sp³-hybridized carbons (Fsp3) is 0.235. The number of benzene rings is 1. The topological polar surface area (TPSA) is 130 Å². The number of hydrogen-bond acceptors (Lipinski definition) is 7. The van der Waals surface area contributed by atoms with Crippen LogP contribution in [-0.4, -0.2) is 41.4 Å². The summed E-state index contributed by atoms with van der Waals surface area (Å²) >= 11 is 2.36. The van der Waals surface area contributed by atoms with Crippen molar-refractivity contribution in [3.8, 4) is 11.4 Å². The van der Waals surface area contributed by atoms with Gasteiger partial charge in [-0.3, -0.25) is 18.5 Å². The van der Waals surface area contributed by atoms with Crippen molar-refractivity contribution in [2.24, 2.45) is 0 Å². The minimum Gasteiger partial charge on any atom is -0.507 e. The number of phenolic OH excluding ortho intramolecular Hbond substituents is 1. The van der Waals surface area contributed by atoms with E-state index in [-0.39, 0.29) is 23.5 Å². The van der Waals surface area contributed by atoms with Crippen molar-refractivity contribution in [3.63, 3.8) is 0 Å². The van der Waals surface area contributed by atoms with Crippen molar-refractivity contribution >= 4 is 49.4 Å². The van der Waals surface area contributed by atoms with E-state index in [0.29, 0.717) is 28.2 Å². The Morgan fingerprint density at radius 3 is 2.90 bits per heavy atom. The Hall–Kier alpha value is -2.32. The SMILES string of the molecule is CCCONC(=O)c1c(O)cccc1-n1cc(CN(c2sccc2Br)S(=O)O)nn1. The summed E-state index contributed by atoms with van der Waals surface area (Å²) in [4.78, 5) is 17.5. The van der Waals surface area contributed by atoms with Gasteiger partial charge in [-0.2, -0.15) is 0 Å². The Bertz CT molecular complexity index is 1060. The Balaban J connectivity index is 1.87. The standard InChI is InChI=1S/C17H18BrN5O5S2/c1-2-7-28-20-16(25)15-13(4-3-5-14(15)24)22-9-11(19-21-22)10-23(30(26)27)17-12(18)6-8-29-17/h3-6,8-9,24H,2,7,10H2,1H3,(H,20,25)(H,26,27). The van der Waals surface area contributed by atoms with E-state index in [1.54, 1.807) is 23.6 Å². The number of amides is 1. The van der Waals surface area contributed by atoms with Crippen LogP contribution in [0.15, 0.2) is 40.3 Å². The molecule has 30 heavy (non-hydrogen) atoms. The number of thiophene rings is 1. The predicted octanol–water partition coefficient (Wildman–Crippen LogP) is 3.01. The van der Waals surface area contributed by atoms with Gasteiger partial charge < -0.3 is 5.11 Å². The normalized spacial score (nSPS) is 12.0. The number of aromatic nitrogens is 3. The van der Waals surface area contributed by atoms with Gasteiger partial charge in [-0.25, -0.2) is 14.4 Å². The Morgan fingerprint density at radius 1 is 1.43 bits per heavy atom. The monoisotopic (exact) mass is 515 g/mol. The number of halogens is 1. The third-order valence-corrected chi connectivity index (χ3v) is 6.47. The molecule has 0 saturated heterocycles. The number of rotatable bonds is 9. The van der Waals surface area contributed by atoms with Crippen molar-refractivity contribution in [1.29, 1.82) is 0 Å². The smallest absolute Gasteiger partial charge is 0.280 e. The molecule has 3 aromatic rings. The molecule has 1 atom stereocenters. The van der Waals surface area contributed by atoms with Gasteiger partial charge in [-0.15, -0.1) is 16.4 Å². The number of nitrogens with zero attached hydrogens (tertiary/aromatic N) is 4. The van der Waals surface area contributed by atoms with Crippen molar-refractivity contribution in [2.75, 3.05) is 10.9 Å². The van der Waals surface area contributed by atoms with Crippen LogP contribution < -0.4 is 9.79 Å². The molecule has 0 aliphatic carbocycles. The van der Waals surface area contributed by atoms with Crippen molar-refractivity contribution in [3.05, 3.63) is 51.6 Å². The fourth-order valence-corrected chi connectivity index (χ4v) is 4.94. The summed E-state index contributed by atoms with van der Waals surface area (Å²) in [6.07, 6.45) is 2.23. The first-order valence-corrected chi connectivity index (χ1v) is 11.4. The first kappa shape index (κ1) is 22.4. The highest BCUT2D eigenvalue weighted by Crippen LogP contribution is 2.34. The maximum Gasteiger partial charge on any atom is 0.280 e. The second kappa shape index (κ2) is 10.1.